The minimum atomic E-state index is -0.295. The average molecular weight is 338 g/mol. The fraction of sp³-hybridized carbons (Fsp3) is 0.240. The zero-order valence-corrected chi connectivity index (χ0v) is 14.9. The minimum Gasteiger partial charge on any atom is -0.293 e. The molecule has 4 atom stereocenters. The van der Waals surface area contributed by atoms with Gasteiger partial charge >= 0.3 is 0 Å². The summed E-state index contributed by atoms with van der Waals surface area (Å²) in [5.41, 5.74) is 4.44. The van der Waals surface area contributed by atoms with Gasteiger partial charge in [-0.3, -0.25) is 4.79 Å². The SMILES string of the molecule is CC1CC2(C(=O)c3ccccc31)[C@H](c1ccccc1)[C@@H]2c1ccccc1. The number of hydrogen-bond donors (Lipinski definition) is 0. The van der Waals surface area contributed by atoms with Gasteiger partial charge in [0.05, 0.1) is 0 Å². The zero-order chi connectivity index (χ0) is 17.7. The number of ketones is 1. The highest BCUT2D eigenvalue weighted by molar-refractivity contribution is 6.07. The number of carbonyl (C=O) groups excluding carboxylic acids is 1. The molecule has 0 N–H and O–H groups in total. The maximum Gasteiger partial charge on any atom is 0.170 e. The molecule has 1 spiro atoms. The number of fused-ring (bicyclic) bond motifs is 1. The van der Waals surface area contributed by atoms with E-state index in [-0.39, 0.29) is 17.3 Å². The predicted molar refractivity (Wildman–Crippen MR) is 105 cm³/mol. The average Bonchev–Trinajstić information content (AvgIpc) is 3.36. The Morgan fingerprint density at radius 3 is 1.81 bits per heavy atom. The van der Waals surface area contributed by atoms with Crippen molar-refractivity contribution in [3.8, 4) is 0 Å². The van der Waals surface area contributed by atoms with E-state index in [1.807, 2.05) is 12.1 Å². The Morgan fingerprint density at radius 2 is 1.23 bits per heavy atom. The summed E-state index contributed by atoms with van der Waals surface area (Å²) in [6.07, 6.45) is 0.933. The van der Waals surface area contributed by atoms with Crippen molar-refractivity contribution in [2.75, 3.05) is 0 Å². The molecular weight excluding hydrogens is 316 g/mol. The molecule has 26 heavy (non-hydrogen) atoms. The normalized spacial score (nSPS) is 29.4. The van der Waals surface area contributed by atoms with E-state index < -0.39 is 0 Å². The summed E-state index contributed by atoms with van der Waals surface area (Å²) in [5, 5.41) is 0. The lowest BCUT2D eigenvalue weighted by Gasteiger charge is -2.30. The quantitative estimate of drug-likeness (QED) is 0.565. The Balaban J connectivity index is 1.67. The van der Waals surface area contributed by atoms with Crippen molar-refractivity contribution < 1.29 is 4.79 Å². The second-order valence-electron chi connectivity index (χ2n) is 7.84. The molecule has 0 aromatic heterocycles. The smallest absolute Gasteiger partial charge is 0.170 e. The second kappa shape index (κ2) is 5.67. The van der Waals surface area contributed by atoms with E-state index >= 15 is 0 Å². The van der Waals surface area contributed by atoms with Gasteiger partial charge in [0.15, 0.2) is 5.78 Å². The first-order valence-corrected chi connectivity index (χ1v) is 9.47. The first kappa shape index (κ1) is 15.6. The predicted octanol–water partition coefficient (Wildman–Crippen LogP) is 5.94. The van der Waals surface area contributed by atoms with E-state index in [2.05, 4.69) is 79.7 Å². The standard InChI is InChI=1S/C25H22O/c1-17-16-25(24(26)21-15-9-8-14-20(17)21)22(18-10-4-2-5-11-18)23(25)19-12-6-3-7-13-19/h2-15,17,22-23H,16H2,1H3/t17?,22-,23+,25?. The van der Waals surface area contributed by atoms with Gasteiger partial charge in [-0.25, -0.2) is 0 Å². The largest absolute Gasteiger partial charge is 0.293 e. The summed E-state index contributed by atoms with van der Waals surface area (Å²) < 4.78 is 0. The molecule has 5 rings (SSSR count). The fourth-order valence-electron chi connectivity index (χ4n) is 5.37. The number of carbonyl (C=O) groups is 1. The second-order valence-corrected chi connectivity index (χ2v) is 7.84. The molecule has 0 heterocycles. The molecule has 0 saturated heterocycles. The van der Waals surface area contributed by atoms with Crippen molar-refractivity contribution in [2.24, 2.45) is 5.41 Å². The van der Waals surface area contributed by atoms with Gasteiger partial charge in [-0.15, -0.1) is 0 Å². The van der Waals surface area contributed by atoms with Gasteiger partial charge in [0, 0.05) is 22.8 Å². The van der Waals surface area contributed by atoms with Crippen molar-refractivity contribution in [1.82, 2.24) is 0 Å². The van der Waals surface area contributed by atoms with Gasteiger partial charge < -0.3 is 0 Å². The van der Waals surface area contributed by atoms with Crippen LogP contribution in [0.3, 0.4) is 0 Å². The van der Waals surface area contributed by atoms with Crippen LogP contribution in [0.5, 0.6) is 0 Å². The van der Waals surface area contributed by atoms with Crippen LogP contribution in [-0.4, -0.2) is 5.78 Å². The summed E-state index contributed by atoms with van der Waals surface area (Å²) >= 11 is 0. The van der Waals surface area contributed by atoms with Crippen molar-refractivity contribution >= 4 is 5.78 Å². The Bertz CT molecular complexity index is 912. The lowest BCUT2D eigenvalue weighted by atomic mass is 9.72. The molecule has 3 aromatic carbocycles. The van der Waals surface area contributed by atoms with Crippen LogP contribution in [-0.2, 0) is 0 Å². The Labute approximate surface area is 154 Å². The molecule has 2 aliphatic rings. The molecule has 0 radical (unpaired) electrons. The Morgan fingerprint density at radius 1 is 0.731 bits per heavy atom. The lowest BCUT2D eigenvalue weighted by Crippen LogP contribution is -2.28. The molecule has 2 unspecified atom stereocenters. The third kappa shape index (κ3) is 2.07. The summed E-state index contributed by atoms with van der Waals surface area (Å²) in [6.45, 7) is 2.27. The summed E-state index contributed by atoms with van der Waals surface area (Å²) in [6, 6.07) is 29.4. The van der Waals surface area contributed by atoms with Gasteiger partial charge in [-0.2, -0.15) is 0 Å². The highest BCUT2D eigenvalue weighted by Gasteiger charge is 2.70. The van der Waals surface area contributed by atoms with Crippen molar-refractivity contribution in [3.63, 3.8) is 0 Å². The number of hydrogen-bond acceptors (Lipinski definition) is 1. The third-order valence-corrected chi connectivity index (χ3v) is 6.45. The van der Waals surface area contributed by atoms with E-state index in [0.717, 1.165) is 12.0 Å². The van der Waals surface area contributed by atoms with Crippen molar-refractivity contribution in [2.45, 2.75) is 31.1 Å². The minimum absolute atomic E-state index is 0.273. The monoisotopic (exact) mass is 338 g/mol. The molecule has 1 heteroatoms. The van der Waals surface area contributed by atoms with Gasteiger partial charge in [0.2, 0.25) is 0 Å². The van der Waals surface area contributed by atoms with Gasteiger partial charge in [-0.05, 0) is 29.0 Å². The summed E-state index contributed by atoms with van der Waals surface area (Å²) in [5.74, 6) is 1.29. The molecule has 128 valence electrons. The Kier molecular flexibility index (Phi) is 3.40. The van der Waals surface area contributed by atoms with Crippen LogP contribution in [0, 0.1) is 5.41 Å². The molecule has 1 saturated carbocycles. The molecule has 0 amide bonds. The Hall–Kier alpha value is -2.67. The highest BCUT2D eigenvalue weighted by atomic mass is 16.1. The molecule has 1 nitrogen and oxygen atoms in total. The van der Waals surface area contributed by atoms with Gasteiger partial charge in [-0.1, -0.05) is 91.9 Å². The number of benzene rings is 3. The first-order chi connectivity index (χ1) is 12.7. The van der Waals surface area contributed by atoms with E-state index in [9.17, 15) is 4.79 Å². The van der Waals surface area contributed by atoms with Crippen LogP contribution in [0.25, 0.3) is 0 Å². The molecule has 0 aliphatic heterocycles. The van der Waals surface area contributed by atoms with Crippen LogP contribution >= 0.6 is 0 Å². The molecule has 1 fully saturated rings. The molecule has 3 aromatic rings. The van der Waals surface area contributed by atoms with Crippen LogP contribution < -0.4 is 0 Å². The third-order valence-electron chi connectivity index (χ3n) is 6.45. The lowest BCUT2D eigenvalue weighted by molar-refractivity contribution is 0.0859. The fourth-order valence-corrected chi connectivity index (χ4v) is 5.37. The molecular formula is C25H22O. The zero-order valence-electron chi connectivity index (χ0n) is 14.9. The van der Waals surface area contributed by atoms with E-state index in [4.69, 9.17) is 0 Å². The number of rotatable bonds is 2. The molecule has 0 bridgehead atoms. The van der Waals surface area contributed by atoms with E-state index in [1.165, 1.54) is 16.7 Å². The summed E-state index contributed by atoms with van der Waals surface area (Å²) in [4.78, 5) is 13.7. The van der Waals surface area contributed by atoms with Gasteiger partial charge in [0.25, 0.3) is 0 Å². The van der Waals surface area contributed by atoms with E-state index in [1.54, 1.807) is 0 Å². The number of Topliss-reactive ketones (excluding diaryl/α,β-unsaturated/α-hetero) is 1. The topological polar surface area (TPSA) is 17.1 Å². The maximum atomic E-state index is 13.7. The van der Waals surface area contributed by atoms with Crippen molar-refractivity contribution in [1.29, 1.82) is 0 Å². The van der Waals surface area contributed by atoms with Crippen LogP contribution in [0.4, 0.5) is 0 Å². The molecule has 2 aliphatic carbocycles. The van der Waals surface area contributed by atoms with Crippen LogP contribution in [0.2, 0.25) is 0 Å². The summed E-state index contributed by atoms with van der Waals surface area (Å²) in [7, 11) is 0. The highest BCUT2D eigenvalue weighted by Crippen LogP contribution is 2.75. The van der Waals surface area contributed by atoms with Crippen LogP contribution in [0.15, 0.2) is 84.9 Å². The van der Waals surface area contributed by atoms with Gasteiger partial charge in [0.1, 0.15) is 0 Å². The van der Waals surface area contributed by atoms with Crippen LogP contribution in [0.1, 0.15) is 58.1 Å². The van der Waals surface area contributed by atoms with E-state index in [0.29, 0.717) is 11.7 Å². The maximum absolute atomic E-state index is 13.7. The first-order valence-electron chi connectivity index (χ1n) is 9.47. The van der Waals surface area contributed by atoms with Crippen molar-refractivity contribution in [3.05, 3.63) is 107 Å².